The fraction of sp³-hybridized carbons (Fsp3) is 0.400. The predicted molar refractivity (Wildman–Crippen MR) is 99.3 cm³/mol. The summed E-state index contributed by atoms with van der Waals surface area (Å²) >= 11 is 0. The highest BCUT2D eigenvalue weighted by molar-refractivity contribution is 7.89. The molecule has 1 saturated heterocycles. The zero-order valence-corrected chi connectivity index (χ0v) is 15.6. The lowest BCUT2D eigenvalue weighted by Crippen LogP contribution is -2.34. The fourth-order valence-corrected chi connectivity index (χ4v) is 5.06. The minimum Gasteiger partial charge on any atom is -0.497 e. The van der Waals surface area contributed by atoms with E-state index in [1.807, 2.05) is 43.3 Å². The molecule has 2 aromatic rings. The van der Waals surface area contributed by atoms with Gasteiger partial charge in [-0.1, -0.05) is 42.7 Å². The Balaban J connectivity index is 1.98. The summed E-state index contributed by atoms with van der Waals surface area (Å²) in [6.07, 6.45) is 3.85. The molecule has 4 nitrogen and oxygen atoms in total. The highest BCUT2D eigenvalue weighted by Gasteiger charge is 2.33. The molecular formula is C20H25NO3S. The molecule has 0 aliphatic carbocycles. The minimum absolute atomic E-state index is 0.125. The maximum Gasteiger partial charge on any atom is 0.243 e. The number of methoxy groups -OCH3 is 1. The number of hydrogen-bond acceptors (Lipinski definition) is 3. The molecule has 1 heterocycles. The van der Waals surface area contributed by atoms with E-state index in [1.54, 1.807) is 23.5 Å². The molecule has 1 fully saturated rings. The van der Waals surface area contributed by atoms with E-state index in [2.05, 4.69) is 0 Å². The van der Waals surface area contributed by atoms with Gasteiger partial charge in [0.1, 0.15) is 5.75 Å². The Morgan fingerprint density at radius 1 is 0.960 bits per heavy atom. The SMILES string of the molecule is COc1ccc(C2CCCCCN2S(=O)(=O)c2ccc(C)cc2)cc1. The predicted octanol–water partition coefficient (Wildman–Crippen LogP) is 4.31. The Morgan fingerprint density at radius 3 is 2.28 bits per heavy atom. The van der Waals surface area contributed by atoms with E-state index in [-0.39, 0.29) is 6.04 Å². The Morgan fingerprint density at radius 2 is 1.64 bits per heavy atom. The second-order valence-corrected chi connectivity index (χ2v) is 8.46. The van der Waals surface area contributed by atoms with Crippen LogP contribution in [-0.2, 0) is 10.0 Å². The van der Waals surface area contributed by atoms with Crippen molar-refractivity contribution in [3.8, 4) is 5.75 Å². The number of sulfonamides is 1. The van der Waals surface area contributed by atoms with Crippen molar-refractivity contribution in [3.63, 3.8) is 0 Å². The molecule has 0 radical (unpaired) electrons. The van der Waals surface area contributed by atoms with Crippen LogP contribution in [0, 0.1) is 6.92 Å². The second kappa shape index (κ2) is 7.58. The summed E-state index contributed by atoms with van der Waals surface area (Å²) < 4.78 is 33.4. The van der Waals surface area contributed by atoms with Crippen molar-refractivity contribution in [3.05, 3.63) is 59.7 Å². The molecule has 1 unspecified atom stereocenters. The van der Waals surface area contributed by atoms with Crippen LogP contribution in [-0.4, -0.2) is 26.4 Å². The van der Waals surface area contributed by atoms with E-state index in [0.29, 0.717) is 11.4 Å². The maximum absolute atomic E-state index is 13.3. The Labute approximate surface area is 150 Å². The standard InChI is InChI=1S/C20H25NO3S/c1-16-7-13-19(14-8-16)25(22,23)21-15-5-3-4-6-20(21)17-9-11-18(24-2)12-10-17/h7-14,20H,3-6,15H2,1-2H3. The molecule has 25 heavy (non-hydrogen) atoms. The average molecular weight is 359 g/mol. The van der Waals surface area contributed by atoms with Crippen LogP contribution in [0.5, 0.6) is 5.75 Å². The third-order valence-corrected chi connectivity index (χ3v) is 6.75. The summed E-state index contributed by atoms with van der Waals surface area (Å²) in [5, 5.41) is 0. The van der Waals surface area contributed by atoms with E-state index >= 15 is 0 Å². The molecular weight excluding hydrogens is 334 g/mol. The van der Waals surface area contributed by atoms with E-state index in [4.69, 9.17) is 4.74 Å². The fourth-order valence-electron chi connectivity index (χ4n) is 3.37. The smallest absolute Gasteiger partial charge is 0.243 e. The molecule has 0 bridgehead atoms. The molecule has 0 N–H and O–H groups in total. The van der Waals surface area contributed by atoms with Crippen LogP contribution in [0.25, 0.3) is 0 Å². The average Bonchev–Trinajstić information content (AvgIpc) is 2.89. The van der Waals surface area contributed by atoms with E-state index in [1.165, 1.54) is 0 Å². The van der Waals surface area contributed by atoms with Crippen LogP contribution in [0.15, 0.2) is 53.4 Å². The maximum atomic E-state index is 13.3. The first-order valence-electron chi connectivity index (χ1n) is 8.75. The second-order valence-electron chi connectivity index (χ2n) is 6.57. The molecule has 3 rings (SSSR count). The van der Waals surface area contributed by atoms with E-state index < -0.39 is 10.0 Å². The lowest BCUT2D eigenvalue weighted by molar-refractivity contribution is 0.328. The van der Waals surface area contributed by atoms with Gasteiger partial charge in [0, 0.05) is 6.54 Å². The number of aryl methyl sites for hydroxylation is 1. The van der Waals surface area contributed by atoms with Crippen LogP contribution >= 0.6 is 0 Å². The molecule has 2 aromatic carbocycles. The Hall–Kier alpha value is -1.85. The van der Waals surface area contributed by atoms with Crippen molar-refractivity contribution < 1.29 is 13.2 Å². The van der Waals surface area contributed by atoms with Crippen molar-refractivity contribution in [1.29, 1.82) is 0 Å². The van der Waals surface area contributed by atoms with Crippen molar-refractivity contribution in [2.45, 2.75) is 43.5 Å². The summed E-state index contributed by atoms with van der Waals surface area (Å²) in [5.41, 5.74) is 2.08. The van der Waals surface area contributed by atoms with Crippen LogP contribution in [0.4, 0.5) is 0 Å². The molecule has 1 atom stereocenters. The van der Waals surface area contributed by atoms with E-state index in [9.17, 15) is 8.42 Å². The van der Waals surface area contributed by atoms with Gasteiger partial charge in [-0.2, -0.15) is 4.31 Å². The number of benzene rings is 2. The molecule has 1 aliphatic rings. The van der Waals surface area contributed by atoms with Gasteiger partial charge in [-0.3, -0.25) is 0 Å². The van der Waals surface area contributed by atoms with Crippen LogP contribution in [0.3, 0.4) is 0 Å². The van der Waals surface area contributed by atoms with Gasteiger partial charge >= 0.3 is 0 Å². The zero-order chi connectivity index (χ0) is 17.9. The molecule has 134 valence electrons. The number of rotatable bonds is 4. The summed E-state index contributed by atoms with van der Waals surface area (Å²) in [6, 6.07) is 14.8. The monoisotopic (exact) mass is 359 g/mol. The number of ether oxygens (including phenoxy) is 1. The highest BCUT2D eigenvalue weighted by Crippen LogP contribution is 2.35. The summed E-state index contributed by atoms with van der Waals surface area (Å²) in [4.78, 5) is 0.374. The normalized spacial score (nSPS) is 19.4. The highest BCUT2D eigenvalue weighted by atomic mass is 32.2. The Kier molecular flexibility index (Phi) is 5.45. The number of nitrogens with zero attached hydrogens (tertiary/aromatic N) is 1. The molecule has 1 aliphatic heterocycles. The molecule has 5 heteroatoms. The van der Waals surface area contributed by atoms with Gasteiger partial charge < -0.3 is 4.74 Å². The number of hydrogen-bond donors (Lipinski definition) is 0. The molecule has 0 amide bonds. The largest absolute Gasteiger partial charge is 0.497 e. The van der Waals surface area contributed by atoms with Crippen molar-refractivity contribution >= 4 is 10.0 Å². The topological polar surface area (TPSA) is 46.6 Å². The first-order chi connectivity index (χ1) is 12.0. The van der Waals surface area contributed by atoms with Crippen molar-refractivity contribution in [2.75, 3.05) is 13.7 Å². The van der Waals surface area contributed by atoms with Gasteiger partial charge in [0.15, 0.2) is 0 Å². The van der Waals surface area contributed by atoms with Crippen molar-refractivity contribution in [2.24, 2.45) is 0 Å². The third-order valence-electron chi connectivity index (χ3n) is 4.83. The lowest BCUT2D eigenvalue weighted by atomic mass is 10.0. The first-order valence-corrected chi connectivity index (χ1v) is 10.2. The molecule has 0 saturated carbocycles. The summed E-state index contributed by atoms with van der Waals surface area (Å²) in [5.74, 6) is 0.783. The van der Waals surface area contributed by atoms with Gasteiger partial charge in [-0.05, 0) is 49.6 Å². The van der Waals surface area contributed by atoms with Gasteiger partial charge in [0.05, 0.1) is 18.0 Å². The molecule has 0 spiro atoms. The third kappa shape index (κ3) is 3.88. The first kappa shape index (κ1) is 18.0. The lowest BCUT2D eigenvalue weighted by Gasteiger charge is -2.29. The summed E-state index contributed by atoms with van der Waals surface area (Å²) in [7, 11) is -1.88. The van der Waals surface area contributed by atoms with Crippen LogP contribution in [0.1, 0.15) is 42.9 Å². The minimum atomic E-state index is -3.51. The van der Waals surface area contributed by atoms with Gasteiger partial charge in [0.25, 0.3) is 0 Å². The van der Waals surface area contributed by atoms with Crippen molar-refractivity contribution in [1.82, 2.24) is 4.31 Å². The van der Waals surface area contributed by atoms with E-state index in [0.717, 1.165) is 42.6 Å². The van der Waals surface area contributed by atoms with Gasteiger partial charge in [-0.15, -0.1) is 0 Å². The zero-order valence-electron chi connectivity index (χ0n) is 14.8. The van der Waals surface area contributed by atoms with Gasteiger partial charge in [0.2, 0.25) is 10.0 Å². The van der Waals surface area contributed by atoms with Gasteiger partial charge in [-0.25, -0.2) is 8.42 Å². The summed E-state index contributed by atoms with van der Waals surface area (Å²) in [6.45, 7) is 2.52. The Bertz CT molecular complexity index is 798. The van der Waals surface area contributed by atoms with Crippen LogP contribution in [0.2, 0.25) is 0 Å². The van der Waals surface area contributed by atoms with Crippen LogP contribution < -0.4 is 4.74 Å². The molecule has 0 aromatic heterocycles. The quantitative estimate of drug-likeness (QED) is 0.817.